The second-order valence-electron chi connectivity index (χ2n) is 1.81. The van der Waals surface area contributed by atoms with Crippen LogP contribution in [0.25, 0.3) is 0 Å². The van der Waals surface area contributed by atoms with Crippen molar-refractivity contribution in [1.29, 1.82) is 0 Å². The number of hydrogen-bond acceptors (Lipinski definition) is 2. The van der Waals surface area contributed by atoms with E-state index < -0.39 is 6.03 Å². The van der Waals surface area contributed by atoms with Gasteiger partial charge in [0.15, 0.2) is 0 Å². The van der Waals surface area contributed by atoms with E-state index in [-0.39, 0.29) is 6.03 Å². The molecule has 0 aromatic rings. The van der Waals surface area contributed by atoms with Gasteiger partial charge in [0.2, 0.25) is 0 Å². The molecule has 4 amide bonds. The third-order valence-corrected chi connectivity index (χ3v) is 1.01. The summed E-state index contributed by atoms with van der Waals surface area (Å²) in [5, 5.41) is 5.68. The maximum absolute atomic E-state index is 10.7. The molecule has 0 saturated heterocycles. The smallest absolute Gasteiger partial charge is 0.335 e. The minimum atomic E-state index is -0.434. The lowest BCUT2D eigenvalue weighted by Crippen LogP contribution is -2.50. The Morgan fingerprint density at radius 1 is 1.18 bits per heavy atom. The SMILES string of the molecule is CNC(=O)NN(C)C(=O)NC. The predicted octanol–water partition coefficient (Wildman–Crippen LogP) is -0.898. The number of nitrogens with zero attached hydrogens (tertiary/aromatic N) is 1. The van der Waals surface area contributed by atoms with Crippen molar-refractivity contribution >= 4 is 12.1 Å². The van der Waals surface area contributed by atoms with Crippen LogP contribution in [0.4, 0.5) is 9.59 Å². The van der Waals surface area contributed by atoms with Gasteiger partial charge in [0, 0.05) is 21.1 Å². The number of hydrazine groups is 1. The Balaban J connectivity index is 3.77. The Kier molecular flexibility index (Phi) is 3.79. The fourth-order valence-electron chi connectivity index (χ4n) is 0.427. The van der Waals surface area contributed by atoms with E-state index in [0.717, 1.165) is 5.01 Å². The van der Waals surface area contributed by atoms with Gasteiger partial charge in [-0.1, -0.05) is 0 Å². The van der Waals surface area contributed by atoms with E-state index in [1.807, 2.05) is 0 Å². The quantitative estimate of drug-likeness (QED) is 0.402. The zero-order valence-corrected chi connectivity index (χ0v) is 6.76. The molecule has 0 radical (unpaired) electrons. The van der Waals surface area contributed by atoms with Crippen LogP contribution in [0.3, 0.4) is 0 Å². The zero-order chi connectivity index (χ0) is 8.85. The zero-order valence-electron chi connectivity index (χ0n) is 6.76. The molecular weight excluding hydrogens is 148 g/mol. The molecule has 0 aliphatic carbocycles. The molecule has 3 N–H and O–H groups in total. The second kappa shape index (κ2) is 4.37. The van der Waals surface area contributed by atoms with Crippen LogP contribution in [0.5, 0.6) is 0 Å². The van der Waals surface area contributed by atoms with Crippen molar-refractivity contribution in [3.05, 3.63) is 0 Å². The number of hydrogen-bond donors (Lipinski definition) is 3. The summed E-state index contributed by atoms with van der Waals surface area (Å²) in [4.78, 5) is 21.3. The average Bonchev–Trinajstić information content (AvgIpc) is 2.02. The summed E-state index contributed by atoms with van der Waals surface area (Å²) in [7, 11) is 4.38. The lowest BCUT2D eigenvalue weighted by molar-refractivity contribution is 0.183. The van der Waals surface area contributed by atoms with E-state index in [4.69, 9.17) is 0 Å². The van der Waals surface area contributed by atoms with E-state index in [1.165, 1.54) is 21.1 Å². The summed E-state index contributed by atoms with van der Waals surface area (Å²) in [5.74, 6) is 0. The molecule has 0 atom stereocenters. The Hall–Kier alpha value is -1.46. The minimum Gasteiger partial charge on any atom is -0.340 e. The van der Waals surface area contributed by atoms with E-state index in [9.17, 15) is 9.59 Å². The highest BCUT2D eigenvalue weighted by Gasteiger charge is 2.06. The Morgan fingerprint density at radius 3 is 2.09 bits per heavy atom. The lowest BCUT2D eigenvalue weighted by atomic mass is 10.9. The molecule has 0 bridgehead atoms. The van der Waals surface area contributed by atoms with Gasteiger partial charge in [0.25, 0.3) is 0 Å². The average molecular weight is 160 g/mol. The standard InChI is InChI=1S/C5H12N4O2/c1-6-4(10)8-9(3)5(11)7-2/h1-3H3,(H,7,11)(H2,6,8,10). The Labute approximate surface area is 64.9 Å². The van der Waals surface area contributed by atoms with Crippen molar-refractivity contribution < 1.29 is 9.59 Å². The minimum absolute atomic E-state index is 0.381. The number of urea groups is 2. The van der Waals surface area contributed by atoms with Crippen LogP contribution < -0.4 is 16.1 Å². The first-order valence-electron chi connectivity index (χ1n) is 3.05. The molecule has 0 aromatic heterocycles. The van der Waals surface area contributed by atoms with Gasteiger partial charge in [0.1, 0.15) is 0 Å². The predicted molar refractivity (Wildman–Crippen MR) is 39.8 cm³/mol. The molecule has 0 aliphatic heterocycles. The molecule has 11 heavy (non-hydrogen) atoms. The summed E-state index contributed by atoms with van der Waals surface area (Å²) in [5.41, 5.74) is 2.25. The first kappa shape index (κ1) is 9.54. The lowest BCUT2D eigenvalue weighted by Gasteiger charge is -2.16. The van der Waals surface area contributed by atoms with Gasteiger partial charge in [0.05, 0.1) is 0 Å². The number of carbonyl (C=O) groups excluding carboxylic acids is 2. The molecule has 64 valence electrons. The van der Waals surface area contributed by atoms with Crippen molar-refractivity contribution in [1.82, 2.24) is 21.1 Å². The van der Waals surface area contributed by atoms with Crippen molar-refractivity contribution in [3.63, 3.8) is 0 Å². The van der Waals surface area contributed by atoms with Crippen molar-refractivity contribution in [2.24, 2.45) is 0 Å². The van der Waals surface area contributed by atoms with Gasteiger partial charge >= 0.3 is 12.1 Å². The molecule has 0 aliphatic rings. The van der Waals surface area contributed by atoms with Crippen LogP contribution in [-0.4, -0.2) is 38.2 Å². The van der Waals surface area contributed by atoms with Gasteiger partial charge in [-0.05, 0) is 0 Å². The normalized spacial score (nSPS) is 8.27. The van der Waals surface area contributed by atoms with Crippen LogP contribution in [0.1, 0.15) is 0 Å². The number of nitrogens with one attached hydrogen (secondary N) is 3. The van der Waals surface area contributed by atoms with Gasteiger partial charge in [-0.2, -0.15) is 0 Å². The summed E-state index contributed by atoms with van der Waals surface area (Å²) in [6.07, 6.45) is 0. The van der Waals surface area contributed by atoms with Crippen LogP contribution >= 0.6 is 0 Å². The van der Waals surface area contributed by atoms with E-state index in [0.29, 0.717) is 0 Å². The maximum atomic E-state index is 10.7. The van der Waals surface area contributed by atoms with Gasteiger partial charge in [-0.3, -0.25) is 0 Å². The summed E-state index contributed by atoms with van der Waals surface area (Å²) in [6, 6.07) is -0.815. The van der Waals surface area contributed by atoms with Crippen molar-refractivity contribution in [2.75, 3.05) is 21.1 Å². The molecule has 0 aromatic carbocycles. The monoisotopic (exact) mass is 160 g/mol. The summed E-state index contributed by atoms with van der Waals surface area (Å²) >= 11 is 0. The maximum Gasteiger partial charge on any atom is 0.335 e. The van der Waals surface area contributed by atoms with E-state index >= 15 is 0 Å². The van der Waals surface area contributed by atoms with Gasteiger partial charge in [-0.15, -0.1) is 0 Å². The second-order valence-corrected chi connectivity index (χ2v) is 1.81. The van der Waals surface area contributed by atoms with Crippen LogP contribution in [0, 0.1) is 0 Å². The van der Waals surface area contributed by atoms with Gasteiger partial charge in [-0.25, -0.2) is 20.0 Å². The van der Waals surface area contributed by atoms with Crippen LogP contribution in [0.2, 0.25) is 0 Å². The van der Waals surface area contributed by atoms with Crippen LogP contribution in [0.15, 0.2) is 0 Å². The molecule has 0 heterocycles. The highest BCUT2D eigenvalue weighted by molar-refractivity contribution is 5.79. The number of carbonyl (C=O) groups is 2. The van der Waals surface area contributed by atoms with Crippen molar-refractivity contribution in [3.8, 4) is 0 Å². The fourth-order valence-corrected chi connectivity index (χ4v) is 0.427. The first-order valence-corrected chi connectivity index (χ1v) is 3.05. The highest BCUT2D eigenvalue weighted by atomic mass is 16.2. The summed E-state index contributed by atoms with van der Waals surface area (Å²) in [6.45, 7) is 0. The van der Waals surface area contributed by atoms with Gasteiger partial charge < -0.3 is 10.6 Å². The molecule has 0 rings (SSSR count). The van der Waals surface area contributed by atoms with E-state index in [2.05, 4.69) is 16.1 Å². The molecule has 6 heteroatoms. The first-order chi connectivity index (χ1) is 5.11. The van der Waals surface area contributed by atoms with Crippen molar-refractivity contribution in [2.45, 2.75) is 0 Å². The molecule has 0 spiro atoms. The third-order valence-electron chi connectivity index (χ3n) is 1.01. The molecular formula is C5H12N4O2. The van der Waals surface area contributed by atoms with Crippen LogP contribution in [-0.2, 0) is 0 Å². The summed E-state index contributed by atoms with van der Waals surface area (Å²) < 4.78 is 0. The molecule has 0 saturated carbocycles. The largest absolute Gasteiger partial charge is 0.340 e. The number of amides is 4. The highest BCUT2D eigenvalue weighted by Crippen LogP contribution is 1.75. The fraction of sp³-hybridized carbons (Fsp3) is 0.600. The Bertz CT molecular complexity index is 159. The topological polar surface area (TPSA) is 73.5 Å². The Morgan fingerprint density at radius 2 is 1.73 bits per heavy atom. The van der Waals surface area contributed by atoms with E-state index in [1.54, 1.807) is 0 Å². The third kappa shape index (κ3) is 3.29. The molecule has 0 unspecified atom stereocenters. The number of rotatable bonds is 0. The molecule has 6 nitrogen and oxygen atoms in total. The molecule has 0 fully saturated rings.